The lowest BCUT2D eigenvalue weighted by atomic mass is 9.33. The summed E-state index contributed by atoms with van der Waals surface area (Å²) in [4.78, 5) is 26.4. The van der Waals surface area contributed by atoms with E-state index >= 15 is 0 Å². The third-order valence-electron chi connectivity index (χ3n) is 17.3. The summed E-state index contributed by atoms with van der Waals surface area (Å²) in [5, 5.41) is 83.8. The summed E-state index contributed by atoms with van der Waals surface area (Å²) < 4.78 is 23.6. The quantitative estimate of drug-likeness (QED) is 0.110. The number of esters is 1. The Labute approximate surface area is 329 Å². The number of rotatable bonds is 6. The van der Waals surface area contributed by atoms with E-state index in [2.05, 4.69) is 40.7 Å². The third-order valence-corrected chi connectivity index (χ3v) is 17.3. The number of allylic oxidation sites excluding steroid dienone is 2. The molecule has 2 saturated heterocycles. The van der Waals surface area contributed by atoms with Gasteiger partial charge < -0.3 is 59.8 Å². The van der Waals surface area contributed by atoms with Gasteiger partial charge in [0, 0.05) is 5.41 Å². The summed E-state index contributed by atoms with van der Waals surface area (Å²) in [6.45, 7) is 15.0. The van der Waals surface area contributed by atoms with Crippen molar-refractivity contribution >= 4 is 11.9 Å². The molecule has 4 saturated carbocycles. The van der Waals surface area contributed by atoms with Gasteiger partial charge in [0.1, 0.15) is 36.6 Å². The average Bonchev–Trinajstić information content (AvgIpc) is 3.13. The van der Waals surface area contributed by atoms with E-state index < -0.39 is 90.3 Å². The number of ether oxygens (including phenoxy) is 4. The molecule has 5 aliphatic carbocycles. The van der Waals surface area contributed by atoms with Gasteiger partial charge in [-0.2, -0.15) is 0 Å². The summed E-state index contributed by atoms with van der Waals surface area (Å²) in [6.07, 6.45) is -6.18. The Morgan fingerprint density at radius 1 is 0.768 bits per heavy atom. The Morgan fingerprint density at radius 2 is 1.41 bits per heavy atom. The highest BCUT2D eigenvalue weighted by Gasteiger charge is 2.70. The SMILES string of the molecule is C[C@@H]1O[C@@H](OC(=O)[C@]23CCC(C)(C)C[C@H]2C2=CC[C@@H]4[C@@]5(C)CC[C@H](O[C@@H]6O[C@H](C(=O)O)[C@@H](O)[C@H](O)[C@H]6O)[C@@](C)(CO)[C@@H]5CC[C@@]4(C)[C@]2(C)CC3)[C@H](O)[C@H](O)[C@H]1O. The van der Waals surface area contributed by atoms with Crippen LogP contribution in [-0.2, 0) is 28.5 Å². The Kier molecular flexibility index (Phi) is 10.8. The molecule has 19 atom stereocenters. The fraction of sp³-hybridized carbons (Fsp3) is 0.905. The number of aliphatic carboxylic acids is 1. The van der Waals surface area contributed by atoms with Gasteiger partial charge in [-0.05, 0) is 111 Å². The number of carbonyl (C=O) groups excluding carboxylic acids is 1. The second-order valence-electron chi connectivity index (χ2n) is 20.5. The summed E-state index contributed by atoms with van der Waals surface area (Å²) in [5.41, 5.74) is -1.03. The highest BCUT2D eigenvalue weighted by Crippen LogP contribution is 2.76. The molecule has 56 heavy (non-hydrogen) atoms. The number of fused-ring (bicyclic) bond motifs is 7. The molecule has 318 valence electrons. The molecule has 0 bridgehead atoms. The first kappa shape index (κ1) is 42.4. The van der Waals surface area contributed by atoms with Gasteiger partial charge in [-0.1, -0.05) is 53.2 Å². The van der Waals surface area contributed by atoms with Crippen LogP contribution in [0.1, 0.15) is 113 Å². The van der Waals surface area contributed by atoms with Crippen molar-refractivity contribution in [3.63, 3.8) is 0 Å². The van der Waals surface area contributed by atoms with Gasteiger partial charge in [0.2, 0.25) is 6.29 Å². The van der Waals surface area contributed by atoms with Crippen LogP contribution in [0.3, 0.4) is 0 Å². The fourth-order valence-electron chi connectivity index (χ4n) is 13.5. The van der Waals surface area contributed by atoms with Crippen molar-refractivity contribution in [3.8, 4) is 0 Å². The molecule has 7 rings (SSSR count). The molecule has 0 amide bonds. The number of aliphatic hydroxyl groups excluding tert-OH is 7. The van der Waals surface area contributed by atoms with Crippen molar-refractivity contribution in [2.24, 2.45) is 50.2 Å². The molecule has 0 aromatic heterocycles. The molecule has 0 radical (unpaired) electrons. The van der Waals surface area contributed by atoms with Crippen LogP contribution in [0.4, 0.5) is 0 Å². The van der Waals surface area contributed by atoms with Gasteiger partial charge in [-0.3, -0.25) is 4.79 Å². The van der Waals surface area contributed by atoms with E-state index in [-0.39, 0.29) is 46.0 Å². The maximum atomic E-state index is 14.5. The average molecular weight is 795 g/mol. The topological polar surface area (TPSA) is 233 Å². The standard InChI is InChI=1S/C42H66O14/c1-20-26(44)27(45)30(48)34(53-20)56-36(52)42-16-14-37(2,3)18-22(42)21-8-9-24-38(4)12-11-25(54-35-31(49)28(46)29(47)32(55-35)33(50)51)39(5,19-43)23(38)10-13-41(24,7)40(21,6)15-17-42/h8,20,22-32,34-35,43-49H,9-19H2,1-7H3,(H,50,51)/t20-,22-,23+,24+,25-,26-,27+,28-,29-,30+,31+,32-,34-,35+,38-,39-,40+,41+,42-/m0/s1. The zero-order valence-corrected chi connectivity index (χ0v) is 34.0. The molecule has 0 aromatic carbocycles. The van der Waals surface area contributed by atoms with Crippen molar-refractivity contribution in [3.05, 3.63) is 11.6 Å². The number of aliphatic hydroxyl groups is 7. The molecule has 0 aromatic rings. The van der Waals surface area contributed by atoms with Crippen molar-refractivity contribution < 1.29 is 69.4 Å². The van der Waals surface area contributed by atoms with Crippen LogP contribution in [0.5, 0.6) is 0 Å². The lowest BCUT2D eigenvalue weighted by Gasteiger charge is -2.71. The Hall–Kier alpha value is -1.72. The molecule has 0 spiro atoms. The molecule has 14 heteroatoms. The zero-order valence-electron chi connectivity index (χ0n) is 34.0. The molecule has 7 aliphatic rings. The minimum absolute atomic E-state index is 0.00801. The lowest BCUT2D eigenvalue weighted by Crippen LogP contribution is -2.67. The molecule has 14 nitrogen and oxygen atoms in total. The highest BCUT2D eigenvalue weighted by atomic mass is 16.7. The summed E-state index contributed by atoms with van der Waals surface area (Å²) >= 11 is 0. The Bertz CT molecular complexity index is 1570. The second-order valence-corrected chi connectivity index (χ2v) is 20.5. The predicted molar refractivity (Wildman–Crippen MR) is 198 cm³/mol. The smallest absolute Gasteiger partial charge is 0.335 e. The third kappa shape index (κ3) is 6.09. The first-order valence-corrected chi connectivity index (χ1v) is 20.8. The van der Waals surface area contributed by atoms with Gasteiger partial charge in [-0.25, -0.2) is 4.79 Å². The van der Waals surface area contributed by atoms with Gasteiger partial charge in [0.05, 0.1) is 24.2 Å². The van der Waals surface area contributed by atoms with E-state index in [1.807, 2.05) is 6.92 Å². The number of carboxylic acid groups (broad SMARTS) is 1. The minimum Gasteiger partial charge on any atom is -0.479 e. The van der Waals surface area contributed by atoms with Crippen LogP contribution < -0.4 is 0 Å². The van der Waals surface area contributed by atoms with Gasteiger partial charge in [0.25, 0.3) is 0 Å². The number of carboxylic acids is 1. The molecule has 8 N–H and O–H groups in total. The van der Waals surface area contributed by atoms with Crippen LogP contribution in [0, 0.1) is 50.2 Å². The van der Waals surface area contributed by atoms with Crippen molar-refractivity contribution in [1.82, 2.24) is 0 Å². The van der Waals surface area contributed by atoms with Crippen molar-refractivity contribution in [1.29, 1.82) is 0 Å². The molecule has 0 unspecified atom stereocenters. The largest absolute Gasteiger partial charge is 0.479 e. The van der Waals surface area contributed by atoms with Crippen LogP contribution in [0.15, 0.2) is 11.6 Å². The molecular weight excluding hydrogens is 728 g/mol. The Morgan fingerprint density at radius 3 is 2.07 bits per heavy atom. The van der Waals surface area contributed by atoms with E-state index in [0.29, 0.717) is 19.3 Å². The first-order valence-electron chi connectivity index (χ1n) is 20.8. The number of hydrogen-bond donors (Lipinski definition) is 8. The summed E-state index contributed by atoms with van der Waals surface area (Å²) in [6, 6.07) is 0. The van der Waals surface area contributed by atoms with Gasteiger partial charge in [-0.15, -0.1) is 0 Å². The summed E-state index contributed by atoms with van der Waals surface area (Å²) in [7, 11) is 0. The van der Waals surface area contributed by atoms with E-state index in [9.17, 15) is 50.4 Å². The fourth-order valence-corrected chi connectivity index (χ4v) is 13.5. The van der Waals surface area contributed by atoms with Crippen LogP contribution in [-0.4, -0.2) is 127 Å². The van der Waals surface area contributed by atoms with E-state index in [1.54, 1.807) is 6.92 Å². The summed E-state index contributed by atoms with van der Waals surface area (Å²) in [5.74, 6) is -1.80. The normalized spacial score (nSPS) is 54.0. The maximum Gasteiger partial charge on any atom is 0.335 e. The molecule has 2 heterocycles. The van der Waals surface area contributed by atoms with Gasteiger partial charge in [0.15, 0.2) is 12.4 Å². The van der Waals surface area contributed by atoms with Crippen molar-refractivity contribution in [2.45, 2.75) is 180 Å². The number of carbonyl (C=O) groups is 2. The van der Waals surface area contributed by atoms with E-state index in [4.69, 9.17) is 18.9 Å². The van der Waals surface area contributed by atoms with Crippen LogP contribution >= 0.6 is 0 Å². The second kappa shape index (κ2) is 14.2. The first-order chi connectivity index (χ1) is 26.0. The van der Waals surface area contributed by atoms with E-state index in [1.165, 1.54) is 5.57 Å². The minimum atomic E-state index is -1.83. The van der Waals surface area contributed by atoms with E-state index in [0.717, 1.165) is 44.9 Å². The number of hydrogen-bond acceptors (Lipinski definition) is 13. The maximum absolute atomic E-state index is 14.5. The Balaban J connectivity index is 1.17. The highest BCUT2D eigenvalue weighted by molar-refractivity contribution is 5.79. The molecule has 6 fully saturated rings. The molecule has 2 aliphatic heterocycles. The molecular formula is C42H66O14. The van der Waals surface area contributed by atoms with Crippen LogP contribution in [0.25, 0.3) is 0 Å². The van der Waals surface area contributed by atoms with Crippen molar-refractivity contribution in [2.75, 3.05) is 6.61 Å². The van der Waals surface area contributed by atoms with Crippen LogP contribution in [0.2, 0.25) is 0 Å². The lowest BCUT2D eigenvalue weighted by molar-refractivity contribution is -0.327. The predicted octanol–water partition coefficient (Wildman–Crippen LogP) is 2.41. The zero-order chi connectivity index (χ0) is 41.1. The monoisotopic (exact) mass is 794 g/mol. The van der Waals surface area contributed by atoms with Gasteiger partial charge >= 0.3 is 11.9 Å².